The van der Waals surface area contributed by atoms with Gasteiger partial charge in [-0.05, 0) is 7.05 Å². The van der Waals surface area contributed by atoms with Crippen LogP contribution < -0.4 is 34.3 Å². The molecule has 0 atom stereocenters. The molecule has 1 N–H and O–H groups in total. The standard InChI is InChI=1S/C2H6ClNO2S.Na.H/c1-4-7(5,6)2-3;;/h4H,2H2,1H3;;/q;+1;-1. The molecule has 0 saturated heterocycles. The number of nitrogens with one attached hydrogen (secondary N) is 1. The average Bonchev–Trinajstić information content (AvgIpc) is 1.68. The minimum Gasteiger partial charge on any atom is -1.00 e. The minimum atomic E-state index is -3.14. The van der Waals surface area contributed by atoms with Crippen molar-refractivity contribution in [2.45, 2.75) is 0 Å². The van der Waals surface area contributed by atoms with Crippen LogP contribution >= 0.6 is 11.6 Å². The second-order valence-electron chi connectivity index (χ2n) is 0.928. The molecule has 8 heavy (non-hydrogen) atoms. The van der Waals surface area contributed by atoms with E-state index in [1.54, 1.807) is 0 Å². The molecule has 0 aliphatic carbocycles. The van der Waals surface area contributed by atoms with Gasteiger partial charge in [-0.25, -0.2) is 13.1 Å². The molecule has 0 aromatic rings. The van der Waals surface area contributed by atoms with Crippen LogP contribution in [0.4, 0.5) is 0 Å². The summed E-state index contributed by atoms with van der Waals surface area (Å²) < 4.78 is 22.3. The Labute approximate surface area is 77.6 Å². The average molecular weight is 168 g/mol. The maximum atomic E-state index is 10.1. The first-order chi connectivity index (χ1) is 3.12. The van der Waals surface area contributed by atoms with Gasteiger partial charge < -0.3 is 1.43 Å². The van der Waals surface area contributed by atoms with E-state index in [-0.39, 0.29) is 36.2 Å². The van der Waals surface area contributed by atoms with Crippen molar-refractivity contribution in [3.8, 4) is 0 Å². The number of rotatable bonds is 2. The summed E-state index contributed by atoms with van der Waals surface area (Å²) in [6.07, 6.45) is 0. The Balaban J connectivity index is -0.000000180. The van der Waals surface area contributed by atoms with Crippen molar-refractivity contribution >= 4 is 21.6 Å². The van der Waals surface area contributed by atoms with Crippen LogP contribution in [-0.4, -0.2) is 20.7 Å². The molecule has 0 radical (unpaired) electrons. The third-order valence-corrected chi connectivity index (χ3v) is 2.23. The number of hydrogen-bond acceptors (Lipinski definition) is 2. The van der Waals surface area contributed by atoms with Crippen molar-refractivity contribution in [2.75, 3.05) is 12.3 Å². The van der Waals surface area contributed by atoms with E-state index in [0.717, 1.165) is 0 Å². The van der Waals surface area contributed by atoms with Gasteiger partial charge in [0, 0.05) is 0 Å². The molecule has 0 aliphatic rings. The van der Waals surface area contributed by atoms with Crippen molar-refractivity contribution in [2.24, 2.45) is 0 Å². The monoisotopic (exact) mass is 167 g/mol. The fraction of sp³-hybridized carbons (Fsp3) is 1.00. The normalized spacial score (nSPS) is 10.2. The van der Waals surface area contributed by atoms with E-state index in [9.17, 15) is 8.42 Å². The van der Waals surface area contributed by atoms with Crippen molar-refractivity contribution in [3.63, 3.8) is 0 Å². The van der Waals surface area contributed by atoms with Crippen LogP contribution in [0.1, 0.15) is 1.43 Å². The first kappa shape index (κ1) is 11.9. The van der Waals surface area contributed by atoms with E-state index in [4.69, 9.17) is 11.6 Å². The van der Waals surface area contributed by atoms with Crippen molar-refractivity contribution in [1.29, 1.82) is 0 Å². The van der Waals surface area contributed by atoms with Crippen LogP contribution in [0.25, 0.3) is 0 Å². The summed E-state index contributed by atoms with van der Waals surface area (Å²) in [4.78, 5) is 0. The maximum Gasteiger partial charge on any atom is 1.00 e. The third-order valence-electron chi connectivity index (χ3n) is 0.455. The van der Waals surface area contributed by atoms with Crippen LogP contribution in [0, 0.1) is 0 Å². The molecule has 0 heterocycles. The molecule has 0 aliphatic heterocycles. The number of sulfonamides is 1. The van der Waals surface area contributed by atoms with Gasteiger partial charge in [-0.2, -0.15) is 0 Å². The summed E-state index contributed by atoms with van der Waals surface area (Å²) in [5.74, 6) is 0. The molecular formula is C2H7ClNNaO2S. The first-order valence-electron chi connectivity index (χ1n) is 1.59. The SMILES string of the molecule is CNS(=O)(=O)CCl.[H-].[Na+]. The van der Waals surface area contributed by atoms with Crippen LogP contribution in [0.3, 0.4) is 0 Å². The first-order valence-corrected chi connectivity index (χ1v) is 3.78. The topological polar surface area (TPSA) is 46.2 Å². The third kappa shape index (κ3) is 5.34. The van der Waals surface area contributed by atoms with E-state index < -0.39 is 10.0 Å². The quantitative estimate of drug-likeness (QED) is 0.349. The van der Waals surface area contributed by atoms with Crippen LogP contribution in [0.5, 0.6) is 0 Å². The fourth-order valence-corrected chi connectivity index (χ4v) is 0.491. The summed E-state index contributed by atoms with van der Waals surface area (Å²) in [7, 11) is -1.82. The second kappa shape index (κ2) is 5.02. The van der Waals surface area contributed by atoms with Gasteiger partial charge in [0.1, 0.15) is 5.21 Å². The van der Waals surface area contributed by atoms with Gasteiger partial charge in [0.25, 0.3) is 0 Å². The largest absolute Gasteiger partial charge is 1.00 e. The maximum absolute atomic E-state index is 10.1. The summed E-state index contributed by atoms with van der Waals surface area (Å²) in [6, 6.07) is 0. The summed E-state index contributed by atoms with van der Waals surface area (Å²) in [6.45, 7) is 0. The Hall–Kier alpha value is 1.20. The van der Waals surface area contributed by atoms with E-state index in [1.165, 1.54) is 7.05 Å². The van der Waals surface area contributed by atoms with Gasteiger partial charge in [0.15, 0.2) is 0 Å². The Morgan fingerprint density at radius 2 is 2.12 bits per heavy atom. The summed E-state index contributed by atoms with van der Waals surface area (Å²) in [5, 5.41) is -0.372. The zero-order valence-electron chi connectivity index (χ0n) is 5.81. The van der Waals surface area contributed by atoms with Gasteiger partial charge in [-0.15, -0.1) is 11.6 Å². The summed E-state index contributed by atoms with van der Waals surface area (Å²) >= 11 is 4.94. The van der Waals surface area contributed by atoms with E-state index in [1.807, 2.05) is 4.72 Å². The molecule has 0 amide bonds. The number of halogens is 1. The van der Waals surface area contributed by atoms with Crippen LogP contribution in [0.2, 0.25) is 0 Å². The van der Waals surface area contributed by atoms with Crippen molar-refractivity contribution < 1.29 is 39.4 Å². The minimum absolute atomic E-state index is 0. The van der Waals surface area contributed by atoms with Gasteiger partial charge in [0.2, 0.25) is 10.0 Å². The Kier molecular flexibility index (Phi) is 7.49. The van der Waals surface area contributed by atoms with Crippen molar-refractivity contribution in [3.05, 3.63) is 0 Å². The van der Waals surface area contributed by atoms with E-state index in [2.05, 4.69) is 0 Å². The van der Waals surface area contributed by atoms with E-state index in [0.29, 0.717) is 0 Å². The molecule has 46 valence electrons. The zero-order chi connectivity index (χ0) is 5.91. The zero-order valence-corrected chi connectivity index (χ0v) is 8.38. The smallest absolute Gasteiger partial charge is 1.00 e. The van der Waals surface area contributed by atoms with Gasteiger partial charge >= 0.3 is 29.6 Å². The molecule has 0 aromatic heterocycles. The van der Waals surface area contributed by atoms with Crippen LogP contribution in [0.15, 0.2) is 0 Å². The van der Waals surface area contributed by atoms with Gasteiger partial charge in [0.05, 0.1) is 0 Å². The Morgan fingerprint density at radius 1 is 1.75 bits per heavy atom. The summed E-state index contributed by atoms with van der Waals surface area (Å²) in [5.41, 5.74) is 0. The predicted octanol–water partition coefficient (Wildman–Crippen LogP) is -3.15. The Morgan fingerprint density at radius 3 is 2.12 bits per heavy atom. The number of hydrogen-bond donors (Lipinski definition) is 1. The molecule has 0 bridgehead atoms. The molecule has 0 saturated carbocycles. The Bertz CT molecular complexity index is 128. The molecule has 0 aromatic carbocycles. The molecule has 0 unspecified atom stereocenters. The molecule has 0 rings (SSSR count). The molecule has 3 nitrogen and oxygen atoms in total. The van der Waals surface area contributed by atoms with Crippen molar-refractivity contribution in [1.82, 2.24) is 4.72 Å². The number of alkyl halides is 1. The molecule has 6 heteroatoms. The van der Waals surface area contributed by atoms with Gasteiger partial charge in [-0.3, -0.25) is 0 Å². The molecule has 0 spiro atoms. The predicted molar refractivity (Wildman–Crippen MR) is 29.8 cm³/mol. The molecule has 0 fully saturated rings. The molecular weight excluding hydrogens is 161 g/mol. The van der Waals surface area contributed by atoms with Gasteiger partial charge in [-0.1, -0.05) is 0 Å². The second-order valence-corrected chi connectivity index (χ2v) is 3.44. The fourth-order valence-electron chi connectivity index (χ4n) is 0.0546. The van der Waals surface area contributed by atoms with E-state index >= 15 is 0 Å². The van der Waals surface area contributed by atoms with Crippen LogP contribution in [-0.2, 0) is 10.0 Å².